The van der Waals surface area contributed by atoms with E-state index in [4.69, 9.17) is 28.6 Å². The summed E-state index contributed by atoms with van der Waals surface area (Å²) in [5, 5.41) is 0.294. The Labute approximate surface area is 208 Å². The Morgan fingerprint density at radius 3 is 2.66 bits per heavy atom. The van der Waals surface area contributed by atoms with Crippen molar-refractivity contribution >= 4 is 73.5 Å². The minimum atomic E-state index is -0.435. The minimum absolute atomic E-state index is 0.0433. The van der Waals surface area contributed by atoms with E-state index in [0.29, 0.717) is 25.6 Å². The van der Waals surface area contributed by atoms with Crippen molar-refractivity contribution in [2.45, 2.75) is 13.5 Å². The zero-order valence-electron chi connectivity index (χ0n) is 16.8. The molecule has 0 atom stereocenters. The summed E-state index contributed by atoms with van der Waals surface area (Å²) >= 11 is 16.2. The van der Waals surface area contributed by atoms with Crippen molar-refractivity contribution in [3.8, 4) is 5.75 Å². The van der Waals surface area contributed by atoms with Gasteiger partial charge in [-0.3, -0.25) is 9.69 Å². The molecule has 3 aromatic carbocycles. The Hall–Kier alpha value is -2.19. The molecule has 1 heterocycles. The summed E-state index contributed by atoms with van der Waals surface area (Å²) in [6, 6.07) is 17.5. The Kier molecular flexibility index (Phi) is 7.00. The lowest BCUT2D eigenvalue weighted by Crippen LogP contribution is -2.27. The maximum Gasteiger partial charge on any atom is 0.270 e. The van der Waals surface area contributed by atoms with Crippen LogP contribution in [0.25, 0.3) is 6.08 Å². The Balaban J connectivity index is 1.62. The summed E-state index contributed by atoms with van der Waals surface area (Å²) in [6.07, 6.45) is 1.73. The lowest BCUT2D eigenvalue weighted by molar-refractivity contribution is -0.113. The van der Waals surface area contributed by atoms with Crippen molar-refractivity contribution < 1.29 is 13.9 Å². The van der Waals surface area contributed by atoms with Gasteiger partial charge in [0.15, 0.2) is 4.32 Å². The van der Waals surface area contributed by atoms with Gasteiger partial charge in [0.2, 0.25) is 0 Å². The first kappa shape index (κ1) is 23.0. The van der Waals surface area contributed by atoms with Crippen LogP contribution >= 0.6 is 51.5 Å². The molecule has 0 unspecified atom stereocenters. The summed E-state index contributed by atoms with van der Waals surface area (Å²) in [6.45, 7) is 1.94. The van der Waals surface area contributed by atoms with Gasteiger partial charge in [-0.25, -0.2) is 4.39 Å². The molecule has 0 aromatic heterocycles. The highest BCUT2D eigenvalue weighted by Gasteiger charge is 2.33. The molecular formula is C24H16BrClFNO2S2. The number of hydrogen-bond donors (Lipinski definition) is 0. The second-order valence-electron chi connectivity index (χ2n) is 7.02. The highest BCUT2D eigenvalue weighted by molar-refractivity contribution is 9.10. The van der Waals surface area contributed by atoms with Gasteiger partial charge in [-0.15, -0.1) is 0 Å². The van der Waals surface area contributed by atoms with E-state index in [2.05, 4.69) is 15.9 Å². The summed E-state index contributed by atoms with van der Waals surface area (Å²) < 4.78 is 21.3. The number of carbonyl (C=O) groups excluding carboxylic acids is 1. The van der Waals surface area contributed by atoms with Crippen molar-refractivity contribution in [3.63, 3.8) is 0 Å². The molecule has 3 aromatic rings. The van der Waals surface area contributed by atoms with Crippen LogP contribution in [0.5, 0.6) is 5.75 Å². The number of aryl methyl sites for hydroxylation is 1. The van der Waals surface area contributed by atoms with Crippen molar-refractivity contribution in [2.24, 2.45) is 0 Å². The number of amides is 1. The number of halogens is 3. The molecule has 8 heteroatoms. The summed E-state index contributed by atoms with van der Waals surface area (Å²) in [5.74, 6) is -0.143. The van der Waals surface area contributed by atoms with E-state index >= 15 is 0 Å². The van der Waals surface area contributed by atoms with Gasteiger partial charge in [0.1, 0.15) is 18.2 Å². The summed E-state index contributed by atoms with van der Waals surface area (Å²) in [7, 11) is 0. The zero-order chi connectivity index (χ0) is 22.8. The molecule has 162 valence electrons. The number of hydrogen-bond acceptors (Lipinski definition) is 4. The molecule has 1 amide bonds. The average Bonchev–Trinajstić information content (AvgIpc) is 3.03. The normalized spacial score (nSPS) is 15.0. The predicted molar refractivity (Wildman–Crippen MR) is 137 cm³/mol. The average molecular weight is 549 g/mol. The number of thioether (sulfide) groups is 1. The van der Waals surface area contributed by atoms with E-state index in [1.165, 1.54) is 22.7 Å². The van der Waals surface area contributed by atoms with Crippen LogP contribution in [0.2, 0.25) is 5.02 Å². The van der Waals surface area contributed by atoms with Gasteiger partial charge >= 0.3 is 0 Å². The number of ether oxygens (including phenoxy) is 1. The quantitative estimate of drug-likeness (QED) is 0.243. The van der Waals surface area contributed by atoms with Gasteiger partial charge in [-0.2, -0.15) is 0 Å². The molecule has 1 aliphatic heterocycles. The molecule has 0 N–H and O–H groups in total. The second-order valence-corrected chi connectivity index (χ2v) is 10.0. The number of anilines is 1. The monoisotopic (exact) mass is 547 g/mol. The van der Waals surface area contributed by atoms with Gasteiger partial charge in [0.05, 0.1) is 15.6 Å². The highest BCUT2D eigenvalue weighted by atomic mass is 79.9. The smallest absolute Gasteiger partial charge is 0.270 e. The molecule has 4 rings (SSSR count). The lowest BCUT2D eigenvalue weighted by atomic mass is 10.1. The first-order valence-corrected chi connectivity index (χ1v) is 11.9. The fourth-order valence-corrected chi connectivity index (χ4v) is 5.00. The Morgan fingerprint density at radius 2 is 1.94 bits per heavy atom. The number of carbonyl (C=O) groups is 1. The maximum absolute atomic E-state index is 14.1. The molecule has 1 aliphatic rings. The number of rotatable bonds is 5. The summed E-state index contributed by atoms with van der Waals surface area (Å²) in [5.41, 5.74) is 2.76. The molecule has 0 saturated carbocycles. The van der Waals surface area contributed by atoms with Crippen LogP contribution in [-0.4, -0.2) is 10.2 Å². The fraction of sp³-hybridized carbons (Fsp3) is 0.0833. The van der Waals surface area contributed by atoms with Crippen molar-refractivity contribution in [1.82, 2.24) is 0 Å². The standard InChI is InChI=1S/C24H16BrClFNO2S2/c1-14-5-8-17(9-6-14)28-23(29)22(32-24(28)31)12-15-11-16(25)7-10-21(15)30-13-18-19(26)3-2-4-20(18)27/h2-12H,13H2,1H3/b22-12+. The third kappa shape index (κ3) is 4.91. The third-order valence-electron chi connectivity index (χ3n) is 4.78. The van der Waals surface area contributed by atoms with E-state index < -0.39 is 5.82 Å². The van der Waals surface area contributed by atoms with E-state index in [1.54, 1.807) is 24.3 Å². The Bertz CT molecular complexity index is 1230. The first-order valence-electron chi connectivity index (χ1n) is 9.53. The number of nitrogens with zero attached hydrogens (tertiary/aromatic N) is 1. The second kappa shape index (κ2) is 9.75. The highest BCUT2D eigenvalue weighted by Crippen LogP contribution is 2.38. The van der Waals surface area contributed by atoms with Gasteiger partial charge in [-0.05, 0) is 55.5 Å². The molecule has 0 spiro atoms. The lowest BCUT2D eigenvalue weighted by Gasteiger charge is -2.14. The SMILES string of the molecule is Cc1ccc(N2C(=O)/C(=C\c3cc(Br)ccc3OCc3c(F)cccc3Cl)SC2=S)cc1. The van der Waals surface area contributed by atoms with Gasteiger partial charge in [-0.1, -0.05) is 75.3 Å². The fourth-order valence-electron chi connectivity index (χ4n) is 3.11. The van der Waals surface area contributed by atoms with Crippen LogP contribution in [-0.2, 0) is 11.4 Å². The Morgan fingerprint density at radius 1 is 1.19 bits per heavy atom. The summed E-state index contributed by atoms with van der Waals surface area (Å²) in [4.78, 5) is 15.1. The topological polar surface area (TPSA) is 29.5 Å². The van der Waals surface area contributed by atoms with Crippen molar-refractivity contribution in [2.75, 3.05) is 4.90 Å². The predicted octanol–water partition coefficient (Wildman–Crippen LogP) is 7.53. The van der Waals surface area contributed by atoms with Crippen molar-refractivity contribution in [1.29, 1.82) is 0 Å². The molecule has 0 radical (unpaired) electrons. The van der Waals surface area contributed by atoms with E-state index in [0.717, 1.165) is 15.7 Å². The third-order valence-corrected chi connectivity index (χ3v) is 6.93. The molecule has 0 aliphatic carbocycles. The van der Waals surface area contributed by atoms with Crippen LogP contribution in [0.4, 0.5) is 10.1 Å². The van der Waals surface area contributed by atoms with Gasteiger partial charge in [0, 0.05) is 15.6 Å². The zero-order valence-corrected chi connectivity index (χ0v) is 20.7. The molecule has 1 saturated heterocycles. The van der Waals surface area contributed by atoms with Crippen molar-refractivity contribution in [3.05, 3.63) is 97.6 Å². The van der Waals surface area contributed by atoms with Crippen LogP contribution < -0.4 is 9.64 Å². The molecular weight excluding hydrogens is 533 g/mol. The molecule has 3 nitrogen and oxygen atoms in total. The van der Waals surface area contributed by atoms with Gasteiger partial charge in [0.25, 0.3) is 5.91 Å². The van der Waals surface area contributed by atoms with Crippen LogP contribution in [0.3, 0.4) is 0 Å². The molecule has 32 heavy (non-hydrogen) atoms. The van der Waals surface area contributed by atoms with E-state index in [1.807, 2.05) is 43.3 Å². The van der Waals surface area contributed by atoms with Gasteiger partial charge < -0.3 is 4.74 Å². The van der Waals surface area contributed by atoms with Crippen LogP contribution in [0, 0.1) is 12.7 Å². The molecule has 1 fully saturated rings. The largest absolute Gasteiger partial charge is 0.488 e. The van der Waals surface area contributed by atoms with Crippen LogP contribution in [0.1, 0.15) is 16.7 Å². The minimum Gasteiger partial charge on any atom is -0.488 e. The number of thiocarbonyl (C=S) groups is 1. The maximum atomic E-state index is 14.1. The molecule has 0 bridgehead atoms. The van der Waals surface area contributed by atoms with Crippen LogP contribution in [0.15, 0.2) is 70.0 Å². The first-order chi connectivity index (χ1) is 15.3. The number of benzene rings is 3. The van der Waals surface area contributed by atoms with E-state index in [-0.39, 0.29) is 18.1 Å². The van der Waals surface area contributed by atoms with E-state index in [9.17, 15) is 9.18 Å².